The predicted molar refractivity (Wildman–Crippen MR) is 83.9 cm³/mol. The zero-order valence-corrected chi connectivity index (χ0v) is 13.6. The van der Waals surface area contributed by atoms with E-state index in [4.69, 9.17) is 6.42 Å². The molecule has 0 aliphatic carbocycles. The largest absolute Gasteiger partial charge is 0.416 e. The van der Waals surface area contributed by atoms with Crippen molar-refractivity contribution in [3.05, 3.63) is 29.8 Å². The Labute approximate surface area is 142 Å². The lowest BCUT2D eigenvalue weighted by Crippen LogP contribution is -2.45. The van der Waals surface area contributed by atoms with Gasteiger partial charge in [-0.1, -0.05) is 25.0 Å². The second-order valence-corrected chi connectivity index (χ2v) is 5.60. The molecule has 0 aliphatic rings. The van der Waals surface area contributed by atoms with E-state index < -0.39 is 23.2 Å². The lowest BCUT2D eigenvalue weighted by Gasteiger charge is -2.22. The number of nitrogens with zero attached hydrogens (tertiary/aromatic N) is 4. The topological polar surface area (TPSA) is 72.7 Å². The minimum absolute atomic E-state index is 0.122. The van der Waals surface area contributed by atoms with E-state index in [0.717, 1.165) is 16.9 Å². The number of tetrazole rings is 1. The highest BCUT2D eigenvalue weighted by Gasteiger charge is 2.30. The van der Waals surface area contributed by atoms with Crippen molar-refractivity contribution in [2.45, 2.75) is 38.5 Å². The Morgan fingerprint density at radius 1 is 1.32 bits per heavy atom. The van der Waals surface area contributed by atoms with E-state index in [2.05, 4.69) is 26.6 Å². The van der Waals surface area contributed by atoms with Crippen LogP contribution in [-0.4, -0.2) is 31.7 Å². The fourth-order valence-corrected chi connectivity index (χ4v) is 1.94. The number of terminal acetylenes is 1. The summed E-state index contributed by atoms with van der Waals surface area (Å²) in [7, 11) is 0. The molecular formula is C16H16F3N5O. The molecule has 0 spiro atoms. The molecule has 0 aliphatic heterocycles. The number of hydrogen-bond donors (Lipinski definition) is 1. The predicted octanol–water partition coefficient (Wildman–Crippen LogP) is 2.28. The zero-order chi connectivity index (χ0) is 18.7. The third-order valence-electron chi connectivity index (χ3n) is 3.65. The summed E-state index contributed by atoms with van der Waals surface area (Å²) in [6, 6.07) is 4.36. The molecule has 0 fully saturated rings. The van der Waals surface area contributed by atoms with E-state index in [9.17, 15) is 18.0 Å². The highest BCUT2D eigenvalue weighted by atomic mass is 19.4. The van der Waals surface area contributed by atoms with Crippen LogP contribution < -0.4 is 5.32 Å². The van der Waals surface area contributed by atoms with Gasteiger partial charge in [-0.2, -0.15) is 18.0 Å². The van der Waals surface area contributed by atoms with Crippen LogP contribution in [0.15, 0.2) is 24.3 Å². The van der Waals surface area contributed by atoms with E-state index in [1.165, 1.54) is 12.1 Å². The lowest BCUT2D eigenvalue weighted by molar-refractivity contribution is -0.137. The molecule has 1 aromatic heterocycles. The van der Waals surface area contributed by atoms with Crippen LogP contribution >= 0.6 is 0 Å². The van der Waals surface area contributed by atoms with Crippen LogP contribution in [0.25, 0.3) is 11.4 Å². The fraction of sp³-hybridized carbons (Fsp3) is 0.375. The molecule has 0 saturated carbocycles. The molecule has 1 heterocycles. The van der Waals surface area contributed by atoms with Crippen molar-refractivity contribution in [3.8, 4) is 23.7 Å². The molecular weight excluding hydrogens is 335 g/mol. The van der Waals surface area contributed by atoms with Crippen LogP contribution in [-0.2, 0) is 17.5 Å². The highest BCUT2D eigenvalue weighted by molar-refractivity contribution is 5.77. The van der Waals surface area contributed by atoms with Crippen molar-refractivity contribution in [3.63, 3.8) is 0 Å². The second-order valence-electron chi connectivity index (χ2n) is 5.60. The third kappa shape index (κ3) is 4.56. The summed E-state index contributed by atoms with van der Waals surface area (Å²) in [5, 5.41) is 14.2. The van der Waals surface area contributed by atoms with Crippen LogP contribution in [0.5, 0.6) is 0 Å². The molecule has 0 unspecified atom stereocenters. The van der Waals surface area contributed by atoms with Gasteiger partial charge in [0.15, 0.2) is 0 Å². The molecule has 6 nitrogen and oxygen atoms in total. The summed E-state index contributed by atoms with van der Waals surface area (Å²) >= 11 is 0. The monoisotopic (exact) mass is 351 g/mol. The van der Waals surface area contributed by atoms with Gasteiger partial charge in [0.25, 0.3) is 0 Å². The molecule has 0 bridgehead atoms. The molecule has 1 atom stereocenters. The van der Waals surface area contributed by atoms with E-state index in [0.29, 0.717) is 12.0 Å². The lowest BCUT2D eigenvalue weighted by atomic mass is 10.0. The maximum absolute atomic E-state index is 12.6. The van der Waals surface area contributed by atoms with Crippen LogP contribution in [0, 0.1) is 12.3 Å². The van der Waals surface area contributed by atoms with Crippen LogP contribution in [0.1, 0.15) is 25.8 Å². The van der Waals surface area contributed by atoms with Gasteiger partial charge in [0.05, 0.1) is 11.1 Å². The molecule has 1 amide bonds. The Morgan fingerprint density at radius 3 is 2.48 bits per heavy atom. The number of benzene rings is 1. The number of carbonyl (C=O) groups is 1. The molecule has 25 heavy (non-hydrogen) atoms. The summed E-state index contributed by atoms with van der Waals surface area (Å²) < 4.78 is 37.7. The minimum atomic E-state index is -4.41. The van der Waals surface area contributed by atoms with Gasteiger partial charge in [0.2, 0.25) is 11.7 Å². The Kier molecular flexibility index (Phi) is 5.11. The molecule has 1 N–H and O–H groups in total. The smallest absolute Gasteiger partial charge is 0.338 e. The van der Waals surface area contributed by atoms with Crippen LogP contribution in [0.4, 0.5) is 13.2 Å². The quantitative estimate of drug-likeness (QED) is 0.839. The third-order valence-corrected chi connectivity index (χ3v) is 3.65. The van der Waals surface area contributed by atoms with Gasteiger partial charge in [-0.3, -0.25) is 4.79 Å². The summed E-state index contributed by atoms with van der Waals surface area (Å²) in [5.41, 5.74) is -1.17. The number of amides is 1. The molecule has 2 aromatic rings. The van der Waals surface area contributed by atoms with Gasteiger partial charge in [0.1, 0.15) is 6.54 Å². The van der Waals surface area contributed by atoms with Gasteiger partial charge < -0.3 is 5.32 Å². The van der Waals surface area contributed by atoms with Gasteiger partial charge in [-0.25, -0.2) is 0 Å². The van der Waals surface area contributed by atoms with Gasteiger partial charge >= 0.3 is 6.18 Å². The Hall–Kier alpha value is -2.89. The Bertz CT molecular complexity index is 791. The van der Waals surface area contributed by atoms with E-state index >= 15 is 0 Å². The fourth-order valence-electron chi connectivity index (χ4n) is 1.94. The minimum Gasteiger partial charge on any atom is -0.338 e. The summed E-state index contributed by atoms with van der Waals surface area (Å²) in [5.74, 6) is 2.24. The number of aromatic nitrogens is 4. The van der Waals surface area contributed by atoms with Crippen molar-refractivity contribution in [1.82, 2.24) is 25.5 Å². The van der Waals surface area contributed by atoms with Crippen LogP contribution in [0.2, 0.25) is 0 Å². The first-order valence-electron chi connectivity index (χ1n) is 7.41. The molecule has 1 aromatic carbocycles. The van der Waals surface area contributed by atoms with Gasteiger partial charge in [-0.15, -0.1) is 16.6 Å². The second kappa shape index (κ2) is 6.93. The molecule has 0 saturated heterocycles. The highest BCUT2D eigenvalue weighted by Crippen LogP contribution is 2.30. The molecule has 0 radical (unpaired) electrons. The maximum atomic E-state index is 12.6. The number of rotatable bonds is 5. The van der Waals surface area contributed by atoms with Crippen molar-refractivity contribution in [2.24, 2.45) is 0 Å². The molecule has 9 heteroatoms. The first-order chi connectivity index (χ1) is 11.7. The first-order valence-corrected chi connectivity index (χ1v) is 7.41. The Balaban J connectivity index is 2.08. The number of alkyl halides is 3. The van der Waals surface area contributed by atoms with Crippen molar-refractivity contribution in [2.75, 3.05) is 0 Å². The summed E-state index contributed by atoms with van der Waals surface area (Å²) in [6.07, 6.45) is 1.53. The van der Waals surface area contributed by atoms with Gasteiger partial charge in [0, 0.05) is 5.56 Å². The van der Waals surface area contributed by atoms with E-state index in [1.807, 2.05) is 6.92 Å². The molecule has 2 rings (SSSR count). The maximum Gasteiger partial charge on any atom is 0.416 e. The van der Waals surface area contributed by atoms with Crippen molar-refractivity contribution in [1.29, 1.82) is 0 Å². The first kappa shape index (κ1) is 18.4. The van der Waals surface area contributed by atoms with E-state index in [-0.39, 0.29) is 12.4 Å². The van der Waals surface area contributed by atoms with Gasteiger partial charge in [-0.05, 0) is 30.7 Å². The standard InChI is InChI=1S/C16H16F3N5O/c1-4-15(3,5-2)20-13(25)10-24-22-14(21-23-24)11-6-8-12(9-7-11)16(17,18)19/h1,6-9H,5,10H2,2-3H3,(H,20,25)/t15-/m1/s1. The number of halogens is 3. The average Bonchev–Trinajstić information content (AvgIpc) is 3.02. The number of carbonyl (C=O) groups excluding carboxylic acids is 1. The van der Waals surface area contributed by atoms with Crippen LogP contribution in [0.3, 0.4) is 0 Å². The van der Waals surface area contributed by atoms with E-state index in [1.54, 1.807) is 6.92 Å². The van der Waals surface area contributed by atoms with Crippen molar-refractivity contribution >= 4 is 5.91 Å². The average molecular weight is 351 g/mol. The SMILES string of the molecule is C#C[C@](C)(CC)NC(=O)Cn1nnc(-c2ccc(C(F)(F)F)cc2)n1. The summed E-state index contributed by atoms with van der Waals surface area (Å²) in [4.78, 5) is 13.0. The normalized spacial score (nSPS) is 13.8. The Morgan fingerprint density at radius 2 is 1.96 bits per heavy atom. The number of hydrogen-bond acceptors (Lipinski definition) is 4. The zero-order valence-electron chi connectivity index (χ0n) is 13.6. The summed E-state index contributed by atoms with van der Waals surface area (Å²) in [6.45, 7) is 3.36. The number of nitrogens with one attached hydrogen (secondary N) is 1. The van der Waals surface area contributed by atoms with Crippen molar-refractivity contribution < 1.29 is 18.0 Å². The molecule has 132 valence electrons.